The van der Waals surface area contributed by atoms with Crippen molar-refractivity contribution in [2.45, 2.75) is 64.2 Å². The number of allylic oxidation sites excluding steroid dienone is 9. The Balaban J connectivity index is 1.38. The second-order valence-corrected chi connectivity index (χ2v) is 12.9. The summed E-state index contributed by atoms with van der Waals surface area (Å²) in [5, 5.41) is 0. The van der Waals surface area contributed by atoms with E-state index < -0.39 is 0 Å². The molecule has 0 radical (unpaired) electrons. The fraction of sp³-hybridized carbons (Fsp3) is 0.263. The molecule has 0 N–H and O–H groups in total. The Bertz CT molecular complexity index is 1750. The molecule has 8 rings (SSSR count). The van der Waals surface area contributed by atoms with Crippen molar-refractivity contribution in [3.63, 3.8) is 0 Å². The molecular weight excluding hydrogens is 484 g/mol. The van der Waals surface area contributed by atoms with Crippen LogP contribution in [0.5, 0.6) is 0 Å². The summed E-state index contributed by atoms with van der Waals surface area (Å²) in [6, 6.07) is 23.2. The van der Waals surface area contributed by atoms with E-state index in [-0.39, 0.29) is 10.8 Å². The largest absolute Gasteiger partial charge is 0.313 e. The van der Waals surface area contributed by atoms with Gasteiger partial charge in [0.25, 0.3) is 0 Å². The molecule has 0 saturated heterocycles. The molecule has 3 aromatic carbocycles. The van der Waals surface area contributed by atoms with E-state index in [9.17, 15) is 0 Å². The van der Waals surface area contributed by atoms with Crippen LogP contribution in [0.25, 0.3) is 0 Å². The van der Waals surface area contributed by atoms with Crippen LogP contribution < -0.4 is 9.80 Å². The minimum atomic E-state index is -0.136. The van der Waals surface area contributed by atoms with Gasteiger partial charge >= 0.3 is 0 Å². The molecule has 3 heterocycles. The number of hydrogen-bond acceptors (Lipinski definition) is 2. The van der Waals surface area contributed by atoms with E-state index in [0.717, 1.165) is 25.7 Å². The van der Waals surface area contributed by atoms with Gasteiger partial charge in [0, 0.05) is 27.9 Å². The summed E-state index contributed by atoms with van der Waals surface area (Å²) in [4.78, 5) is 5.12. The van der Waals surface area contributed by atoms with Gasteiger partial charge in [-0.25, -0.2) is 0 Å². The van der Waals surface area contributed by atoms with Gasteiger partial charge in [0.2, 0.25) is 0 Å². The van der Waals surface area contributed by atoms with Gasteiger partial charge in [-0.2, -0.15) is 0 Å². The molecule has 2 aliphatic carbocycles. The van der Waals surface area contributed by atoms with Gasteiger partial charge in [0.15, 0.2) is 0 Å². The lowest BCUT2D eigenvalue weighted by atomic mass is 9.66. The third kappa shape index (κ3) is 3.11. The summed E-state index contributed by atoms with van der Waals surface area (Å²) >= 11 is 0. The first-order valence-electron chi connectivity index (χ1n) is 14.8. The Morgan fingerprint density at radius 1 is 0.600 bits per heavy atom. The van der Waals surface area contributed by atoms with Crippen LogP contribution in [-0.4, -0.2) is 0 Å². The van der Waals surface area contributed by atoms with Crippen LogP contribution >= 0.6 is 0 Å². The maximum atomic E-state index is 2.57. The van der Waals surface area contributed by atoms with E-state index in [4.69, 9.17) is 0 Å². The molecule has 2 nitrogen and oxygen atoms in total. The van der Waals surface area contributed by atoms with E-state index in [0.29, 0.717) is 0 Å². The lowest BCUT2D eigenvalue weighted by Gasteiger charge is -2.49. The molecule has 5 aliphatic rings. The van der Waals surface area contributed by atoms with Crippen molar-refractivity contribution in [1.82, 2.24) is 0 Å². The zero-order valence-electron chi connectivity index (χ0n) is 24.0. The Morgan fingerprint density at radius 2 is 1.30 bits per heavy atom. The molecule has 0 spiro atoms. The summed E-state index contributed by atoms with van der Waals surface area (Å²) < 4.78 is 0. The average molecular weight is 521 g/mol. The Labute approximate surface area is 238 Å². The maximum absolute atomic E-state index is 2.57. The predicted molar refractivity (Wildman–Crippen MR) is 168 cm³/mol. The van der Waals surface area contributed by atoms with Crippen molar-refractivity contribution < 1.29 is 0 Å². The van der Waals surface area contributed by atoms with Crippen molar-refractivity contribution in [3.8, 4) is 0 Å². The SMILES string of the molecule is CC1(C)c2ccccc2N2c3ccc(N4C5=C(C=CC6=C4CCC=C6)CCC=C5)cc3C(C)(C)c3cccc1c32. The van der Waals surface area contributed by atoms with Crippen LogP contribution in [0.3, 0.4) is 0 Å². The van der Waals surface area contributed by atoms with E-state index in [1.54, 1.807) is 0 Å². The summed E-state index contributed by atoms with van der Waals surface area (Å²) in [5.74, 6) is 0. The normalized spacial score (nSPS) is 20.9. The van der Waals surface area contributed by atoms with Crippen LogP contribution in [0.2, 0.25) is 0 Å². The number of hydrogen-bond donors (Lipinski definition) is 0. The Kier molecular flexibility index (Phi) is 4.90. The highest BCUT2D eigenvalue weighted by Crippen LogP contribution is 2.60. The lowest BCUT2D eigenvalue weighted by molar-refractivity contribution is 0.597. The molecule has 0 fully saturated rings. The second-order valence-electron chi connectivity index (χ2n) is 12.9. The van der Waals surface area contributed by atoms with Crippen molar-refractivity contribution >= 4 is 22.7 Å². The lowest BCUT2D eigenvalue weighted by Crippen LogP contribution is -2.38. The van der Waals surface area contributed by atoms with Gasteiger partial charge in [0.1, 0.15) is 0 Å². The Hall–Kier alpha value is -4.04. The zero-order valence-corrected chi connectivity index (χ0v) is 24.0. The molecule has 0 unspecified atom stereocenters. The summed E-state index contributed by atoms with van der Waals surface area (Å²) in [5.41, 5.74) is 16.2. The van der Waals surface area contributed by atoms with Gasteiger partial charge in [0.05, 0.1) is 17.1 Å². The second kappa shape index (κ2) is 8.24. The molecule has 0 atom stereocenters. The van der Waals surface area contributed by atoms with Crippen LogP contribution in [0, 0.1) is 0 Å². The third-order valence-corrected chi connectivity index (χ3v) is 9.92. The Morgan fingerprint density at radius 3 is 2.15 bits per heavy atom. The highest BCUT2D eigenvalue weighted by atomic mass is 15.2. The van der Waals surface area contributed by atoms with Crippen molar-refractivity contribution in [2.24, 2.45) is 0 Å². The van der Waals surface area contributed by atoms with Gasteiger partial charge in [-0.1, -0.05) is 94.5 Å². The van der Waals surface area contributed by atoms with Gasteiger partial charge in [-0.3, -0.25) is 0 Å². The molecular formula is C38H36N2. The molecule has 198 valence electrons. The number of anilines is 4. The molecule has 0 amide bonds. The molecule has 0 aromatic heterocycles. The smallest absolute Gasteiger partial charge is 0.0543 e. The first kappa shape index (κ1) is 23.8. The van der Waals surface area contributed by atoms with Crippen molar-refractivity contribution in [2.75, 3.05) is 9.80 Å². The summed E-state index contributed by atoms with van der Waals surface area (Å²) in [6.07, 6.45) is 18.4. The van der Waals surface area contributed by atoms with E-state index in [1.165, 1.54) is 67.5 Å². The van der Waals surface area contributed by atoms with E-state index in [1.807, 2.05) is 0 Å². The molecule has 0 saturated carbocycles. The molecule has 2 heteroatoms. The summed E-state index contributed by atoms with van der Waals surface area (Å²) in [7, 11) is 0. The third-order valence-electron chi connectivity index (χ3n) is 9.92. The fourth-order valence-corrected chi connectivity index (χ4v) is 7.76. The van der Waals surface area contributed by atoms with Gasteiger partial charge in [-0.15, -0.1) is 0 Å². The minimum Gasteiger partial charge on any atom is -0.313 e. The number of para-hydroxylation sites is 2. The quantitative estimate of drug-likeness (QED) is 0.315. The number of nitrogens with zero attached hydrogens (tertiary/aromatic N) is 2. The van der Waals surface area contributed by atoms with E-state index >= 15 is 0 Å². The van der Waals surface area contributed by atoms with Crippen LogP contribution in [0.1, 0.15) is 75.6 Å². The van der Waals surface area contributed by atoms with Crippen LogP contribution in [-0.2, 0) is 10.8 Å². The topological polar surface area (TPSA) is 6.48 Å². The minimum absolute atomic E-state index is 0.0570. The number of benzene rings is 3. The molecule has 3 aliphatic heterocycles. The van der Waals surface area contributed by atoms with Gasteiger partial charge in [-0.05, 0) is 89.4 Å². The fourth-order valence-electron chi connectivity index (χ4n) is 7.76. The number of rotatable bonds is 1. The summed E-state index contributed by atoms with van der Waals surface area (Å²) in [6.45, 7) is 9.59. The van der Waals surface area contributed by atoms with Gasteiger partial charge < -0.3 is 9.80 Å². The van der Waals surface area contributed by atoms with Crippen LogP contribution in [0.15, 0.2) is 120 Å². The average Bonchev–Trinajstić information content (AvgIpc) is 3.14. The van der Waals surface area contributed by atoms with Crippen LogP contribution in [0.4, 0.5) is 22.7 Å². The molecule has 40 heavy (non-hydrogen) atoms. The molecule has 0 bridgehead atoms. The predicted octanol–water partition coefficient (Wildman–Crippen LogP) is 10.0. The number of fused-ring (bicyclic) bond motifs is 4. The highest BCUT2D eigenvalue weighted by molar-refractivity contribution is 5.93. The zero-order chi connectivity index (χ0) is 27.2. The first-order valence-corrected chi connectivity index (χ1v) is 14.8. The van der Waals surface area contributed by atoms with E-state index in [2.05, 4.69) is 135 Å². The van der Waals surface area contributed by atoms with Crippen molar-refractivity contribution in [3.05, 3.63) is 142 Å². The maximum Gasteiger partial charge on any atom is 0.0543 e. The molecule has 3 aromatic rings. The monoisotopic (exact) mass is 520 g/mol. The standard InChI is InChI=1S/C38H36N2/c1-37(2)28-14-7-10-19-34(28)40-35-23-22-27(24-31(35)38(3,4)30-16-11-15-29(37)36(30)40)39-32-17-8-5-12-25(32)20-21-26-13-6-9-18-33(26)39/h5,7,9-12,14-16,18-24H,6,8,13,17H2,1-4H3. The first-order chi connectivity index (χ1) is 19.4. The van der Waals surface area contributed by atoms with Crippen molar-refractivity contribution in [1.29, 1.82) is 0 Å². The highest BCUT2D eigenvalue weighted by Gasteiger charge is 2.45.